The summed E-state index contributed by atoms with van der Waals surface area (Å²) in [5, 5.41) is 0. The molecule has 4 aromatic rings. The first-order valence-electron chi connectivity index (χ1n) is 9.60. The van der Waals surface area contributed by atoms with Crippen molar-refractivity contribution in [3.8, 4) is 0 Å². The molecule has 0 unspecified atom stereocenters. The minimum Gasteiger partial charge on any atom is -0.296 e. The molecule has 0 amide bonds. The van der Waals surface area contributed by atoms with Crippen LogP contribution in [0.25, 0.3) is 0 Å². The normalized spacial score (nSPS) is 11.0. The SMILES string of the molecule is O=c1ccn(Cc2ccc(SNC(c3ccccc3)c3ccccc3)cc2)c(=O)[nH]1. The highest BCUT2D eigenvalue weighted by atomic mass is 32.2. The summed E-state index contributed by atoms with van der Waals surface area (Å²) in [6.07, 6.45) is 1.51. The van der Waals surface area contributed by atoms with E-state index in [4.69, 9.17) is 0 Å². The summed E-state index contributed by atoms with van der Waals surface area (Å²) in [5.41, 5.74) is 2.59. The lowest BCUT2D eigenvalue weighted by molar-refractivity contribution is 0.720. The molecule has 30 heavy (non-hydrogen) atoms. The quantitative estimate of drug-likeness (QED) is 0.448. The van der Waals surface area contributed by atoms with Crippen molar-refractivity contribution in [2.24, 2.45) is 0 Å². The van der Waals surface area contributed by atoms with Crippen molar-refractivity contribution < 1.29 is 0 Å². The van der Waals surface area contributed by atoms with Gasteiger partial charge in [-0.05, 0) is 40.8 Å². The molecule has 0 fully saturated rings. The molecule has 2 N–H and O–H groups in total. The number of nitrogens with zero attached hydrogens (tertiary/aromatic N) is 1. The highest BCUT2D eigenvalue weighted by molar-refractivity contribution is 7.97. The van der Waals surface area contributed by atoms with Crippen molar-refractivity contribution in [3.05, 3.63) is 135 Å². The lowest BCUT2D eigenvalue weighted by atomic mass is 10.00. The molecule has 0 aliphatic rings. The van der Waals surface area contributed by atoms with Crippen LogP contribution in [0.2, 0.25) is 0 Å². The summed E-state index contributed by atoms with van der Waals surface area (Å²) in [5.74, 6) is 0. The molecule has 1 heterocycles. The van der Waals surface area contributed by atoms with Crippen molar-refractivity contribution in [2.75, 3.05) is 0 Å². The third kappa shape index (κ3) is 4.97. The van der Waals surface area contributed by atoms with E-state index in [9.17, 15) is 9.59 Å². The van der Waals surface area contributed by atoms with Crippen LogP contribution in [-0.4, -0.2) is 9.55 Å². The molecular formula is C24H21N3O2S. The zero-order chi connectivity index (χ0) is 20.8. The van der Waals surface area contributed by atoms with Crippen molar-refractivity contribution in [1.82, 2.24) is 14.3 Å². The molecule has 0 aliphatic heterocycles. The van der Waals surface area contributed by atoms with Crippen LogP contribution in [0.15, 0.2) is 112 Å². The smallest absolute Gasteiger partial charge is 0.296 e. The van der Waals surface area contributed by atoms with Gasteiger partial charge in [0, 0.05) is 17.2 Å². The maximum absolute atomic E-state index is 11.9. The van der Waals surface area contributed by atoms with E-state index in [0.29, 0.717) is 6.54 Å². The first-order chi connectivity index (χ1) is 14.7. The molecule has 0 bridgehead atoms. The van der Waals surface area contributed by atoms with Gasteiger partial charge < -0.3 is 0 Å². The number of aromatic amines is 1. The summed E-state index contributed by atoms with van der Waals surface area (Å²) < 4.78 is 5.05. The largest absolute Gasteiger partial charge is 0.328 e. The summed E-state index contributed by atoms with van der Waals surface area (Å²) in [6, 6.07) is 30.2. The Hall–Kier alpha value is -3.35. The van der Waals surface area contributed by atoms with E-state index in [2.05, 4.69) is 34.0 Å². The molecule has 150 valence electrons. The Kier molecular flexibility index (Phi) is 6.27. The standard InChI is InChI=1S/C24H21N3O2S/c28-22-15-16-27(24(29)25-22)17-18-11-13-21(14-12-18)30-26-23(19-7-3-1-4-8-19)20-9-5-2-6-10-20/h1-16,23,26H,17H2,(H,25,28,29). The highest BCUT2D eigenvalue weighted by Gasteiger charge is 2.13. The third-order valence-electron chi connectivity index (χ3n) is 4.73. The Balaban J connectivity index is 1.47. The molecule has 5 nitrogen and oxygen atoms in total. The molecular weight excluding hydrogens is 394 g/mol. The van der Waals surface area contributed by atoms with E-state index in [0.717, 1.165) is 10.5 Å². The number of hydrogen-bond donors (Lipinski definition) is 2. The number of nitrogens with one attached hydrogen (secondary N) is 2. The fourth-order valence-corrected chi connectivity index (χ4v) is 3.97. The Morgan fingerprint density at radius 3 is 1.97 bits per heavy atom. The topological polar surface area (TPSA) is 66.9 Å². The van der Waals surface area contributed by atoms with Crippen LogP contribution < -0.4 is 16.0 Å². The van der Waals surface area contributed by atoms with Gasteiger partial charge in [0.1, 0.15) is 0 Å². The predicted octanol–water partition coefficient (Wildman–Crippen LogP) is 3.97. The predicted molar refractivity (Wildman–Crippen MR) is 121 cm³/mol. The van der Waals surface area contributed by atoms with Crippen LogP contribution in [0.3, 0.4) is 0 Å². The minimum atomic E-state index is -0.406. The summed E-state index contributed by atoms with van der Waals surface area (Å²) in [6.45, 7) is 0.407. The van der Waals surface area contributed by atoms with Gasteiger partial charge >= 0.3 is 5.69 Å². The molecule has 4 rings (SSSR count). The number of aromatic nitrogens is 2. The first-order valence-corrected chi connectivity index (χ1v) is 10.4. The molecule has 0 aliphatic carbocycles. The van der Waals surface area contributed by atoms with Gasteiger partial charge in [-0.2, -0.15) is 0 Å². The van der Waals surface area contributed by atoms with E-state index in [1.807, 2.05) is 60.7 Å². The van der Waals surface area contributed by atoms with Crippen molar-refractivity contribution >= 4 is 11.9 Å². The molecule has 0 saturated carbocycles. The van der Waals surface area contributed by atoms with E-state index >= 15 is 0 Å². The average Bonchev–Trinajstić information content (AvgIpc) is 2.78. The monoisotopic (exact) mass is 415 g/mol. The van der Waals surface area contributed by atoms with E-state index < -0.39 is 5.69 Å². The lowest BCUT2D eigenvalue weighted by Crippen LogP contribution is -2.28. The molecule has 3 aromatic carbocycles. The van der Waals surface area contributed by atoms with Gasteiger partial charge in [0.05, 0.1) is 12.6 Å². The molecule has 0 radical (unpaired) electrons. The van der Waals surface area contributed by atoms with Crippen LogP contribution in [0.4, 0.5) is 0 Å². The van der Waals surface area contributed by atoms with Crippen molar-refractivity contribution in [2.45, 2.75) is 17.5 Å². The van der Waals surface area contributed by atoms with Gasteiger partial charge in [0.25, 0.3) is 5.56 Å². The van der Waals surface area contributed by atoms with Crippen LogP contribution in [0.1, 0.15) is 22.7 Å². The molecule has 6 heteroatoms. The second-order valence-electron chi connectivity index (χ2n) is 6.86. The second kappa shape index (κ2) is 9.43. The van der Waals surface area contributed by atoms with Gasteiger partial charge in [0.15, 0.2) is 0 Å². The number of H-pyrrole nitrogens is 1. The zero-order valence-electron chi connectivity index (χ0n) is 16.2. The van der Waals surface area contributed by atoms with Gasteiger partial charge in [-0.1, -0.05) is 72.8 Å². The zero-order valence-corrected chi connectivity index (χ0v) is 17.0. The Labute approximate surface area is 178 Å². The highest BCUT2D eigenvalue weighted by Crippen LogP contribution is 2.27. The van der Waals surface area contributed by atoms with Crippen LogP contribution in [-0.2, 0) is 6.54 Å². The first kappa shape index (κ1) is 19.9. The summed E-state index contributed by atoms with van der Waals surface area (Å²) in [4.78, 5) is 26.4. The fraction of sp³-hybridized carbons (Fsp3) is 0.0833. The Morgan fingerprint density at radius 2 is 1.40 bits per heavy atom. The number of hydrogen-bond acceptors (Lipinski definition) is 4. The van der Waals surface area contributed by atoms with E-state index in [1.165, 1.54) is 28.0 Å². The second-order valence-corrected chi connectivity index (χ2v) is 7.77. The molecule has 1 aromatic heterocycles. The fourth-order valence-electron chi connectivity index (χ4n) is 3.17. The van der Waals surface area contributed by atoms with Crippen LogP contribution >= 0.6 is 11.9 Å². The van der Waals surface area contributed by atoms with Gasteiger partial charge in [0.2, 0.25) is 0 Å². The lowest BCUT2D eigenvalue weighted by Gasteiger charge is -2.19. The maximum Gasteiger partial charge on any atom is 0.328 e. The minimum absolute atomic E-state index is 0.0665. The van der Waals surface area contributed by atoms with E-state index in [-0.39, 0.29) is 11.6 Å². The van der Waals surface area contributed by atoms with Gasteiger partial charge in [-0.25, -0.2) is 9.52 Å². The molecule has 0 spiro atoms. The van der Waals surface area contributed by atoms with Crippen molar-refractivity contribution in [3.63, 3.8) is 0 Å². The summed E-state index contributed by atoms with van der Waals surface area (Å²) in [7, 11) is 0. The Morgan fingerprint density at radius 1 is 0.800 bits per heavy atom. The van der Waals surface area contributed by atoms with E-state index in [1.54, 1.807) is 11.9 Å². The number of benzene rings is 3. The summed E-state index contributed by atoms with van der Waals surface area (Å²) >= 11 is 1.57. The molecule has 0 saturated heterocycles. The van der Waals surface area contributed by atoms with Crippen LogP contribution in [0.5, 0.6) is 0 Å². The van der Waals surface area contributed by atoms with Gasteiger partial charge in [-0.15, -0.1) is 0 Å². The Bertz CT molecular complexity index is 1160. The third-order valence-corrected chi connectivity index (χ3v) is 5.59. The van der Waals surface area contributed by atoms with Crippen LogP contribution in [0, 0.1) is 0 Å². The average molecular weight is 416 g/mol. The van der Waals surface area contributed by atoms with Crippen molar-refractivity contribution in [1.29, 1.82) is 0 Å². The molecule has 0 atom stereocenters. The number of rotatable bonds is 7. The van der Waals surface area contributed by atoms with Gasteiger partial charge in [-0.3, -0.25) is 14.3 Å². The maximum atomic E-state index is 11.9.